The summed E-state index contributed by atoms with van der Waals surface area (Å²) < 4.78 is 24.8. The van der Waals surface area contributed by atoms with Crippen LogP contribution in [-0.2, 0) is 26.5 Å². The van der Waals surface area contributed by atoms with Crippen molar-refractivity contribution in [3.05, 3.63) is 46.0 Å². The molecule has 3 heterocycles. The van der Waals surface area contributed by atoms with Crippen molar-refractivity contribution < 1.29 is 28.2 Å². The summed E-state index contributed by atoms with van der Waals surface area (Å²) in [5, 5.41) is 7.54. The van der Waals surface area contributed by atoms with Crippen molar-refractivity contribution in [3.63, 3.8) is 0 Å². The van der Waals surface area contributed by atoms with Gasteiger partial charge in [-0.25, -0.2) is 14.2 Å². The molecule has 1 saturated heterocycles. The Bertz CT molecular complexity index is 1090. The number of nitrogens with one attached hydrogen (secondary N) is 2. The van der Waals surface area contributed by atoms with Crippen LogP contribution in [0.4, 0.5) is 14.3 Å². The Morgan fingerprint density at radius 2 is 2.21 bits per heavy atom. The van der Waals surface area contributed by atoms with Gasteiger partial charge in [0.2, 0.25) is 5.91 Å². The van der Waals surface area contributed by atoms with E-state index in [1.807, 2.05) is 5.38 Å². The fourth-order valence-corrected chi connectivity index (χ4v) is 5.04. The summed E-state index contributed by atoms with van der Waals surface area (Å²) in [5.74, 6) is -0.814. The number of anilines is 1. The Morgan fingerprint density at radius 3 is 3.00 bits per heavy atom. The molecular weight excluding hydrogens is 463 g/mol. The first-order chi connectivity index (χ1) is 16.3. The SMILES string of the molecule is COC(=O)N1CCC[C@H](c2csc(NC(=O)CNC(=O)c3ccc4c(c3)[C@](C)(F)COC4)n2)C1. The lowest BCUT2D eigenvalue weighted by atomic mass is 9.90. The molecule has 182 valence electrons. The number of carbonyl (C=O) groups is 3. The molecule has 2 N–H and O–H groups in total. The smallest absolute Gasteiger partial charge is 0.409 e. The number of nitrogens with zero attached hydrogens (tertiary/aromatic N) is 2. The Hall–Kier alpha value is -3.05. The highest BCUT2D eigenvalue weighted by atomic mass is 32.1. The molecule has 2 aromatic rings. The van der Waals surface area contributed by atoms with E-state index in [-0.39, 0.29) is 30.7 Å². The Balaban J connectivity index is 1.31. The van der Waals surface area contributed by atoms with Crippen LogP contribution in [0.25, 0.3) is 0 Å². The summed E-state index contributed by atoms with van der Waals surface area (Å²) in [5.41, 5.74) is 0.555. The molecule has 2 atom stereocenters. The lowest BCUT2D eigenvalue weighted by molar-refractivity contribution is -0.115. The first-order valence-corrected chi connectivity index (χ1v) is 11.9. The molecule has 1 aromatic heterocycles. The molecule has 1 aromatic carbocycles. The second-order valence-corrected chi connectivity index (χ2v) is 9.48. The molecule has 0 aliphatic carbocycles. The Kier molecular flexibility index (Phi) is 7.13. The van der Waals surface area contributed by atoms with E-state index in [1.54, 1.807) is 17.0 Å². The number of carbonyl (C=O) groups excluding carboxylic acids is 3. The Labute approximate surface area is 200 Å². The highest BCUT2D eigenvalue weighted by molar-refractivity contribution is 7.13. The molecular formula is C23H27FN4O5S. The maximum Gasteiger partial charge on any atom is 0.409 e. The number of benzene rings is 1. The van der Waals surface area contributed by atoms with E-state index in [1.165, 1.54) is 31.4 Å². The molecule has 4 rings (SSSR count). The number of methoxy groups -OCH3 is 1. The van der Waals surface area contributed by atoms with Crippen molar-refractivity contribution >= 4 is 34.4 Å². The topological polar surface area (TPSA) is 110 Å². The number of rotatable bonds is 5. The van der Waals surface area contributed by atoms with Gasteiger partial charge in [-0.2, -0.15) is 0 Å². The first-order valence-electron chi connectivity index (χ1n) is 11.0. The molecule has 0 spiro atoms. The molecule has 3 amide bonds. The molecule has 9 nitrogen and oxygen atoms in total. The summed E-state index contributed by atoms with van der Waals surface area (Å²) in [6.45, 7) is 2.58. The van der Waals surface area contributed by atoms with Crippen molar-refractivity contribution in [1.29, 1.82) is 0 Å². The fourth-order valence-electron chi connectivity index (χ4n) is 4.23. The molecule has 2 aliphatic rings. The average molecular weight is 491 g/mol. The van der Waals surface area contributed by atoms with Crippen molar-refractivity contribution in [1.82, 2.24) is 15.2 Å². The summed E-state index contributed by atoms with van der Waals surface area (Å²) in [4.78, 5) is 42.8. The van der Waals surface area contributed by atoms with Crippen LogP contribution in [-0.4, -0.2) is 61.1 Å². The van der Waals surface area contributed by atoms with E-state index in [0.29, 0.717) is 36.0 Å². The van der Waals surface area contributed by atoms with Gasteiger partial charge in [0, 0.05) is 30.0 Å². The summed E-state index contributed by atoms with van der Waals surface area (Å²) in [7, 11) is 1.36. The predicted octanol–water partition coefficient (Wildman–Crippen LogP) is 3.17. The van der Waals surface area contributed by atoms with Crippen LogP contribution in [0.3, 0.4) is 0 Å². The monoisotopic (exact) mass is 490 g/mol. The number of amides is 3. The molecule has 0 saturated carbocycles. The van der Waals surface area contributed by atoms with Crippen LogP contribution in [0, 0.1) is 0 Å². The molecule has 0 unspecified atom stereocenters. The highest BCUT2D eigenvalue weighted by Crippen LogP contribution is 2.34. The summed E-state index contributed by atoms with van der Waals surface area (Å²) in [6.07, 6.45) is 1.39. The highest BCUT2D eigenvalue weighted by Gasteiger charge is 2.33. The molecule has 0 radical (unpaired) electrons. The number of piperidine rings is 1. The first kappa shape index (κ1) is 24.1. The molecule has 0 bridgehead atoms. The van der Waals surface area contributed by atoms with Gasteiger partial charge in [0.05, 0.1) is 32.6 Å². The number of hydrogen-bond acceptors (Lipinski definition) is 7. The number of halogens is 1. The van der Waals surface area contributed by atoms with E-state index >= 15 is 0 Å². The summed E-state index contributed by atoms with van der Waals surface area (Å²) >= 11 is 1.29. The van der Waals surface area contributed by atoms with E-state index in [9.17, 15) is 18.8 Å². The van der Waals surface area contributed by atoms with Crippen LogP contribution >= 0.6 is 11.3 Å². The standard InChI is InChI=1S/C23H27FN4O5S/c1-23(24)13-33-11-16-6-5-14(8-17(16)23)20(30)25-9-19(29)27-21-26-18(12-34-21)15-4-3-7-28(10-15)22(31)32-2/h5-6,8,12,15H,3-4,7,9-11,13H2,1-2H3,(H,25,30)(H,26,27,29)/t15-,23+/m0/s1. The largest absolute Gasteiger partial charge is 0.453 e. The zero-order valence-electron chi connectivity index (χ0n) is 19.1. The number of likely N-dealkylation sites (tertiary alicyclic amines) is 1. The Morgan fingerprint density at radius 1 is 1.38 bits per heavy atom. The van der Waals surface area contributed by atoms with Gasteiger partial charge >= 0.3 is 6.09 Å². The van der Waals surface area contributed by atoms with Crippen LogP contribution in [0.1, 0.15) is 52.9 Å². The maximum absolute atomic E-state index is 14.7. The van der Waals surface area contributed by atoms with Gasteiger partial charge in [0.25, 0.3) is 5.91 Å². The fraction of sp³-hybridized carbons (Fsp3) is 0.478. The number of thiazole rings is 1. The quantitative estimate of drug-likeness (QED) is 0.666. The number of hydrogen-bond donors (Lipinski definition) is 2. The molecule has 1 fully saturated rings. The summed E-state index contributed by atoms with van der Waals surface area (Å²) in [6, 6.07) is 4.77. The van der Waals surface area contributed by atoms with Crippen molar-refractivity contribution in [3.8, 4) is 0 Å². The van der Waals surface area contributed by atoms with E-state index < -0.39 is 17.5 Å². The van der Waals surface area contributed by atoms with Gasteiger partial charge in [-0.1, -0.05) is 6.07 Å². The lowest BCUT2D eigenvalue weighted by Crippen LogP contribution is -2.39. The second kappa shape index (κ2) is 10.1. The number of ether oxygens (including phenoxy) is 2. The maximum atomic E-state index is 14.7. The minimum absolute atomic E-state index is 0.0646. The minimum Gasteiger partial charge on any atom is -0.453 e. The van der Waals surface area contributed by atoms with Crippen LogP contribution in [0.2, 0.25) is 0 Å². The third-order valence-electron chi connectivity index (χ3n) is 6.01. The van der Waals surface area contributed by atoms with Gasteiger partial charge in [-0.3, -0.25) is 9.59 Å². The molecule has 34 heavy (non-hydrogen) atoms. The lowest BCUT2D eigenvalue weighted by Gasteiger charge is -2.30. The van der Waals surface area contributed by atoms with Crippen LogP contribution < -0.4 is 10.6 Å². The van der Waals surface area contributed by atoms with E-state index in [0.717, 1.165) is 18.5 Å². The van der Waals surface area contributed by atoms with E-state index in [4.69, 9.17) is 9.47 Å². The second-order valence-electron chi connectivity index (χ2n) is 8.63. The average Bonchev–Trinajstić information content (AvgIpc) is 3.30. The number of alkyl halides is 1. The number of fused-ring (bicyclic) bond motifs is 1. The predicted molar refractivity (Wildman–Crippen MR) is 124 cm³/mol. The van der Waals surface area contributed by atoms with Gasteiger partial charge < -0.3 is 25.0 Å². The normalized spacial score (nSPS) is 22.0. The van der Waals surface area contributed by atoms with Gasteiger partial charge in [0.1, 0.15) is 0 Å². The van der Waals surface area contributed by atoms with Gasteiger partial charge in [-0.15, -0.1) is 11.3 Å². The van der Waals surface area contributed by atoms with Crippen molar-refractivity contribution in [2.75, 3.05) is 38.7 Å². The van der Waals surface area contributed by atoms with E-state index in [2.05, 4.69) is 15.6 Å². The van der Waals surface area contributed by atoms with Crippen molar-refractivity contribution in [2.24, 2.45) is 0 Å². The van der Waals surface area contributed by atoms with Gasteiger partial charge in [0.15, 0.2) is 10.8 Å². The minimum atomic E-state index is -1.67. The third-order valence-corrected chi connectivity index (χ3v) is 6.79. The van der Waals surface area contributed by atoms with Crippen LogP contribution in [0.15, 0.2) is 23.6 Å². The van der Waals surface area contributed by atoms with Crippen LogP contribution in [0.5, 0.6) is 0 Å². The third kappa shape index (κ3) is 5.36. The molecule has 11 heteroatoms. The number of aromatic nitrogens is 1. The van der Waals surface area contributed by atoms with Gasteiger partial charge in [-0.05, 0) is 43.0 Å². The van der Waals surface area contributed by atoms with Crippen molar-refractivity contribution in [2.45, 2.75) is 38.0 Å². The zero-order chi connectivity index (χ0) is 24.3. The zero-order valence-corrected chi connectivity index (χ0v) is 19.9. The molecule has 2 aliphatic heterocycles.